The minimum absolute atomic E-state index is 0.0770. The molecule has 10 heteroatoms. The topological polar surface area (TPSA) is 69.6 Å². The van der Waals surface area contributed by atoms with Crippen molar-refractivity contribution in [3.05, 3.63) is 64.5 Å². The second-order valence-electron chi connectivity index (χ2n) is 8.53. The van der Waals surface area contributed by atoms with Gasteiger partial charge in [-0.2, -0.15) is 8.78 Å². The first-order valence-electron chi connectivity index (χ1n) is 10.4. The van der Waals surface area contributed by atoms with Crippen molar-refractivity contribution in [2.75, 3.05) is 5.32 Å². The fraction of sp³-hybridized carbons (Fsp3) is 0.391. The second-order valence-corrected chi connectivity index (χ2v) is 8.53. The van der Waals surface area contributed by atoms with E-state index in [1.807, 2.05) is 0 Å². The molecule has 2 aliphatic rings. The number of halogens is 5. The molecule has 2 heterocycles. The summed E-state index contributed by atoms with van der Waals surface area (Å²) in [5.74, 6) is -11.0. The van der Waals surface area contributed by atoms with Gasteiger partial charge in [-0.05, 0) is 50.3 Å². The van der Waals surface area contributed by atoms with E-state index in [-0.39, 0.29) is 24.0 Å². The van der Waals surface area contributed by atoms with Crippen LogP contribution >= 0.6 is 0 Å². The minimum Gasteiger partial charge on any atom is -0.393 e. The summed E-state index contributed by atoms with van der Waals surface area (Å²) in [5, 5.41) is 12.0. The number of hydrogen-bond donors (Lipinski definition) is 2. The van der Waals surface area contributed by atoms with Crippen LogP contribution in [0.4, 0.5) is 27.6 Å². The Balaban J connectivity index is 1.60. The molecule has 0 aromatic heterocycles. The first-order chi connectivity index (χ1) is 15.5. The average Bonchev–Trinajstić information content (AvgIpc) is 3.02. The normalized spacial score (nSPS) is 22.4. The van der Waals surface area contributed by atoms with Crippen LogP contribution in [0.5, 0.6) is 0 Å². The van der Waals surface area contributed by atoms with Gasteiger partial charge >= 0.3 is 5.92 Å². The van der Waals surface area contributed by atoms with Crippen molar-refractivity contribution in [3.63, 3.8) is 0 Å². The van der Waals surface area contributed by atoms with Crippen molar-refractivity contribution in [2.24, 2.45) is 0 Å². The van der Waals surface area contributed by atoms with E-state index in [4.69, 9.17) is 0 Å². The zero-order valence-electron chi connectivity index (χ0n) is 17.5. The van der Waals surface area contributed by atoms with Crippen LogP contribution in [-0.2, 0) is 10.7 Å². The van der Waals surface area contributed by atoms with Crippen LogP contribution in [0.2, 0.25) is 0 Å². The molecule has 2 saturated heterocycles. The maximum absolute atomic E-state index is 15.4. The number of fused-ring (bicyclic) bond motifs is 2. The van der Waals surface area contributed by atoms with Crippen molar-refractivity contribution < 1.29 is 36.6 Å². The number of hydrogen-bond acceptors (Lipinski definition) is 3. The molecule has 2 fully saturated rings. The number of nitrogens with one attached hydrogen (secondary N) is 1. The molecule has 2 aromatic rings. The number of aryl methyl sites for hydroxylation is 1. The molecule has 0 unspecified atom stereocenters. The number of benzene rings is 2. The largest absolute Gasteiger partial charge is 0.393 e. The van der Waals surface area contributed by atoms with Crippen LogP contribution in [0.25, 0.3) is 0 Å². The molecule has 0 spiro atoms. The molecule has 176 valence electrons. The zero-order valence-corrected chi connectivity index (χ0v) is 17.5. The highest BCUT2D eigenvalue weighted by molar-refractivity contribution is 6.04. The number of carbonyl (C=O) groups is 2. The summed E-state index contributed by atoms with van der Waals surface area (Å²) >= 11 is 0. The van der Waals surface area contributed by atoms with Crippen molar-refractivity contribution in [1.82, 2.24) is 4.90 Å². The van der Waals surface area contributed by atoms with E-state index in [0.717, 1.165) is 11.0 Å². The molecule has 2 amide bonds. The maximum Gasteiger partial charge on any atom is 0.350 e. The van der Waals surface area contributed by atoms with Crippen molar-refractivity contribution in [3.8, 4) is 0 Å². The lowest BCUT2D eigenvalue weighted by atomic mass is 9.95. The lowest BCUT2D eigenvalue weighted by Crippen LogP contribution is -2.53. The van der Waals surface area contributed by atoms with Crippen LogP contribution in [0, 0.1) is 24.4 Å². The number of rotatable bonds is 4. The molecule has 33 heavy (non-hydrogen) atoms. The number of anilines is 1. The third-order valence-corrected chi connectivity index (χ3v) is 6.29. The van der Waals surface area contributed by atoms with Gasteiger partial charge in [-0.1, -0.05) is 6.07 Å². The Morgan fingerprint density at radius 3 is 2.18 bits per heavy atom. The lowest BCUT2D eigenvalue weighted by Gasteiger charge is -2.39. The summed E-state index contributed by atoms with van der Waals surface area (Å²) in [6.07, 6.45) is 0.927. The molecular formula is C23H21F5N2O3. The van der Waals surface area contributed by atoms with E-state index in [9.17, 15) is 27.9 Å². The molecule has 2 aromatic carbocycles. The SMILES string of the molecule is Cc1ccc(C(=O)Nc2cc(F)c(F)c(F)c2)cc1C(F)(F)C(=O)N1[C@@H]2CC[C@H]1C[C@@H](O)C2. The smallest absolute Gasteiger partial charge is 0.350 e. The van der Waals surface area contributed by atoms with Gasteiger partial charge in [-0.3, -0.25) is 9.59 Å². The van der Waals surface area contributed by atoms with Crippen molar-refractivity contribution >= 4 is 17.5 Å². The van der Waals surface area contributed by atoms with E-state index in [1.54, 1.807) is 0 Å². The third-order valence-electron chi connectivity index (χ3n) is 6.29. The summed E-state index contributed by atoms with van der Waals surface area (Å²) in [5.41, 5.74) is -1.26. The Labute approximate surface area is 186 Å². The van der Waals surface area contributed by atoms with Crippen LogP contribution in [0.1, 0.15) is 47.2 Å². The number of alkyl halides is 2. The predicted octanol–water partition coefficient (Wildman–Crippen LogP) is 4.27. The van der Waals surface area contributed by atoms with E-state index < -0.39 is 64.6 Å². The van der Waals surface area contributed by atoms with Gasteiger partial charge in [-0.15, -0.1) is 0 Å². The molecule has 2 aliphatic heterocycles. The standard InChI is InChI=1S/C23H21F5N2O3/c1-11-2-3-12(21(32)29-13-7-18(24)20(26)19(25)8-13)6-17(11)23(27,28)22(33)30-14-4-5-15(30)10-16(31)9-14/h2-3,6-8,14-16,31H,4-5,9-10H2,1H3,(H,29,32)/t14-,15+,16+. The van der Waals surface area contributed by atoms with E-state index in [0.29, 0.717) is 25.0 Å². The molecule has 2 N–H and O–H groups in total. The number of carbonyl (C=O) groups excluding carboxylic acids is 2. The Morgan fingerprint density at radius 2 is 1.61 bits per heavy atom. The zero-order chi connectivity index (χ0) is 24.1. The molecule has 3 atom stereocenters. The Bertz CT molecular complexity index is 1090. The number of nitrogens with zero attached hydrogens (tertiary/aromatic N) is 1. The van der Waals surface area contributed by atoms with Gasteiger partial charge in [0.05, 0.1) is 6.10 Å². The average molecular weight is 468 g/mol. The van der Waals surface area contributed by atoms with Gasteiger partial charge in [0.2, 0.25) is 0 Å². The minimum atomic E-state index is -3.93. The molecule has 0 radical (unpaired) electrons. The van der Waals surface area contributed by atoms with Gasteiger partial charge in [0.25, 0.3) is 11.8 Å². The Morgan fingerprint density at radius 1 is 1.03 bits per heavy atom. The summed E-state index contributed by atoms with van der Waals surface area (Å²) in [7, 11) is 0. The van der Waals surface area contributed by atoms with Crippen LogP contribution < -0.4 is 5.32 Å². The van der Waals surface area contributed by atoms with E-state index in [2.05, 4.69) is 5.32 Å². The van der Waals surface area contributed by atoms with Gasteiger partial charge in [0.1, 0.15) is 0 Å². The van der Waals surface area contributed by atoms with Crippen LogP contribution in [0.15, 0.2) is 30.3 Å². The third kappa shape index (κ3) is 4.19. The molecule has 2 bridgehead atoms. The van der Waals surface area contributed by atoms with Gasteiger partial charge < -0.3 is 15.3 Å². The number of aliphatic hydroxyl groups is 1. The molecule has 5 nitrogen and oxygen atoms in total. The fourth-order valence-electron chi connectivity index (χ4n) is 4.69. The monoisotopic (exact) mass is 468 g/mol. The summed E-state index contributed by atoms with van der Waals surface area (Å²) in [4.78, 5) is 26.6. The molecule has 4 rings (SSSR count). The predicted molar refractivity (Wildman–Crippen MR) is 108 cm³/mol. The van der Waals surface area contributed by atoms with Gasteiger partial charge in [-0.25, -0.2) is 13.2 Å². The molecule has 0 saturated carbocycles. The summed E-state index contributed by atoms with van der Waals surface area (Å²) in [6.45, 7) is 1.37. The second kappa shape index (κ2) is 8.40. The van der Waals surface area contributed by atoms with Crippen LogP contribution in [0.3, 0.4) is 0 Å². The first kappa shape index (κ1) is 23.2. The van der Waals surface area contributed by atoms with Crippen molar-refractivity contribution in [1.29, 1.82) is 0 Å². The lowest BCUT2D eigenvalue weighted by molar-refractivity contribution is -0.165. The van der Waals surface area contributed by atoms with Crippen molar-refractivity contribution in [2.45, 2.75) is 56.7 Å². The van der Waals surface area contributed by atoms with E-state index in [1.165, 1.54) is 19.1 Å². The van der Waals surface area contributed by atoms with Crippen LogP contribution in [-0.4, -0.2) is 40.0 Å². The number of amides is 2. The quantitative estimate of drug-likeness (QED) is 0.520. The van der Waals surface area contributed by atoms with Gasteiger partial charge in [0.15, 0.2) is 17.5 Å². The van der Waals surface area contributed by atoms with E-state index >= 15 is 8.78 Å². The highest BCUT2D eigenvalue weighted by Gasteiger charge is 2.52. The number of piperidine rings is 1. The first-order valence-corrected chi connectivity index (χ1v) is 10.4. The fourth-order valence-corrected chi connectivity index (χ4v) is 4.69. The highest BCUT2D eigenvalue weighted by atomic mass is 19.3. The molecule has 0 aliphatic carbocycles. The highest BCUT2D eigenvalue weighted by Crippen LogP contribution is 2.41. The maximum atomic E-state index is 15.4. The Hall–Kier alpha value is -3.01. The molecular weight excluding hydrogens is 447 g/mol. The Kier molecular flexibility index (Phi) is 5.90. The summed E-state index contributed by atoms with van der Waals surface area (Å²) < 4.78 is 70.6. The van der Waals surface area contributed by atoms with Gasteiger partial charge in [0, 0.05) is 41.0 Å². The number of aliphatic hydroxyl groups excluding tert-OH is 1. The summed E-state index contributed by atoms with van der Waals surface area (Å²) in [6, 6.07) is 3.52.